The molecule has 0 radical (unpaired) electrons. The average molecular weight is 281 g/mol. The molecule has 0 atom stereocenters. The number of hydrogen-bond donors (Lipinski definition) is 1. The molecule has 1 N–H and O–H groups in total. The molecule has 1 aliphatic carbocycles. The van der Waals surface area contributed by atoms with Crippen molar-refractivity contribution in [2.24, 2.45) is 0 Å². The highest BCUT2D eigenvalue weighted by Gasteiger charge is 2.20. The zero-order valence-corrected chi connectivity index (χ0v) is 12.0. The number of benzene rings is 2. The Kier molecular flexibility index (Phi) is 4.00. The van der Waals surface area contributed by atoms with Crippen LogP contribution in [0.5, 0.6) is 0 Å². The topological polar surface area (TPSA) is 46.2 Å². The van der Waals surface area contributed by atoms with Crippen molar-refractivity contribution >= 4 is 22.5 Å². The molecule has 21 heavy (non-hydrogen) atoms. The third-order valence-electron chi connectivity index (χ3n) is 4.14. The van der Waals surface area contributed by atoms with Crippen LogP contribution >= 0.6 is 0 Å². The molecule has 1 amide bonds. The summed E-state index contributed by atoms with van der Waals surface area (Å²) < 4.78 is 0. The predicted octanol–water partition coefficient (Wildman–Crippen LogP) is 3.01. The van der Waals surface area contributed by atoms with E-state index in [1.165, 1.54) is 0 Å². The van der Waals surface area contributed by atoms with E-state index < -0.39 is 0 Å². The SMILES string of the molecule is O=C1CCC(NC(=O)Cc2cccc3ccccc23)CC1. The lowest BCUT2D eigenvalue weighted by Crippen LogP contribution is -2.38. The summed E-state index contributed by atoms with van der Waals surface area (Å²) in [6, 6.07) is 14.3. The molecular weight excluding hydrogens is 262 g/mol. The summed E-state index contributed by atoms with van der Waals surface area (Å²) in [4.78, 5) is 23.4. The summed E-state index contributed by atoms with van der Waals surface area (Å²) in [5.41, 5.74) is 1.05. The lowest BCUT2D eigenvalue weighted by Gasteiger charge is -2.22. The van der Waals surface area contributed by atoms with Crippen molar-refractivity contribution < 1.29 is 9.59 Å². The fourth-order valence-corrected chi connectivity index (χ4v) is 2.98. The molecule has 3 heteroatoms. The minimum atomic E-state index is 0.0469. The maximum Gasteiger partial charge on any atom is 0.224 e. The highest BCUT2D eigenvalue weighted by molar-refractivity contribution is 5.90. The smallest absolute Gasteiger partial charge is 0.224 e. The first-order valence-electron chi connectivity index (χ1n) is 7.50. The monoisotopic (exact) mass is 281 g/mol. The van der Waals surface area contributed by atoms with Gasteiger partial charge < -0.3 is 5.32 Å². The van der Waals surface area contributed by atoms with Gasteiger partial charge in [0.05, 0.1) is 6.42 Å². The van der Waals surface area contributed by atoms with Crippen molar-refractivity contribution in [1.82, 2.24) is 5.32 Å². The second kappa shape index (κ2) is 6.08. The van der Waals surface area contributed by atoms with Gasteiger partial charge in [-0.2, -0.15) is 0 Å². The molecule has 108 valence electrons. The van der Waals surface area contributed by atoms with Gasteiger partial charge in [-0.3, -0.25) is 9.59 Å². The molecule has 0 heterocycles. The number of carbonyl (C=O) groups excluding carboxylic acids is 2. The van der Waals surface area contributed by atoms with Crippen LogP contribution in [0.15, 0.2) is 42.5 Å². The van der Waals surface area contributed by atoms with Gasteiger partial charge in [-0.1, -0.05) is 42.5 Å². The third-order valence-corrected chi connectivity index (χ3v) is 4.14. The molecule has 1 aliphatic rings. The predicted molar refractivity (Wildman–Crippen MR) is 83.1 cm³/mol. The lowest BCUT2D eigenvalue weighted by molar-refractivity contribution is -0.124. The largest absolute Gasteiger partial charge is 0.353 e. The Morgan fingerprint density at radius 1 is 1.05 bits per heavy atom. The standard InChI is InChI=1S/C18H19NO2/c20-16-10-8-15(9-11-16)19-18(21)12-14-6-3-5-13-4-1-2-7-17(13)14/h1-7,15H,8-12H2,(H,19,21). The van der Waals surface area contributed by atoms with Crippen LogP contribution in [0.1, 0.15) is 31.2 Å². The fourth-order valence-electron chi connectivity index (χ4n) is 2.98. The van der Waals surface area contributed by atoms with Crippen molar-refractivity contribution in [3.63, 3.8) is 0 Å². The van der Waals surface area contributed by atoms with Gasteiger partial charge in [0.25, 0.3) is 0 Å². The van der Waals surface area contributed by atoms with Crippen molar-refractivity contribution in [1.29, 1.82) is 0 Å². The first-order valence-corrected chi connectivity index (χ1v) is 7.50. The summed E-state index contributed by atoms with van der Waals surface area (Å²) >= 11 is 0. The molecule has 0 aliphatic heterocycles. The van der Waals surface area contributed by atoms with Gasteiger partial charge in [-0.25, -0.2) is 0 Å². The van der Waals surface area contributed by atoms with Crippen LogP contribution in [-0.2, 0) is 16.0 Å². The molecule has 1 saturated carbocycles. The van der Waals surface area contributed by atoms with Gasteiger partial charge in [0.2, 0.25) is 5.91 Å². The third kappa shape index (κ3) is 3.30. The molecular formula is C18H19NO2. The molecule has 0 aromatic heterocycles. The molecule has 0 saturated heterocycles. The normalized spacial score (nSPS) is 16.1. The van der Waals surface area contributed by atoms with E-state index in [0.29, 0.717) is 25.0 Å². The molecule has 0 bridgehead atoms. The van der Waals surface area contributed by atoms with Crippen LogP contribution in [-0.4, -0.2) is 17.7 Å². The Bertz CT molecular complexity index is 662. The Morgan fingerprint density at radius 3 is 2.57 bits per heavy atom. The van der Waals surface area contributed by atoms with E-state index in [-0.39, 0.29) is 11.9 Å². The number of fused-ring (bicyclic) bond motifs is 1. The summed E-state index contributed by atoms with van der Waals surface area (Å²) in [7, 11) is 0. The Labute approximate surface area is 124 Å². The lowest BCUT2D eigenvalue weighted by atomic mass is 9.94. The number of hydrogen-bond acceptors (Lipinski definition) is 2. The number of rotatable bonds is 3. The van der Waals surface area contributed by atoms with E-state index in [2.05, 4.69) is 23.5 Å². The fraction of sp³-hybridized carbons (Fsp3) is 0.333. The maximum atomic E-state index is 12.2. The minimum Gasteiger partial charge on any atom is -0.353 e. The molecule has 2 aromatic rings. The number of carbonyl (C=O) groups is 2. The van der Waals surface area contributed by atoms with Gasteiger partial charge in [-0.05, 0) is 29.2 Å². The summed E-state index contributed by atoms with van der Waals surface area (Å²) in [6.45, 7) is 0. The summed E-state index contributed by atoms with van der Waals surface area (Å²) in [5.74, 6) is 0.361. The van der Waals surface area contributed by atoms with Gasteiger partial charge in [0.1, 0.15) is 5.78 Å². The van der Waals surface area contributed by atoms with E-state index in [0.717, 1.165) is 29.2 Å². The summed E-state index contributed by atoms with van der Waals surface area (Å²) in [6.07, 6.45) is 3.14. The Balaban J connectivity index is 1.67. The summed E-state index contributed by atoms with van der Waals surface area (Å²) in [5, 5.41) is 5.35. The van der Waals surface area contributed by atoms with E-state index >= 15 is 0 Å². The van der Waals surface area contributed by atoms with Crippen LogP contribution in [0.4, 0.5) is 0 Å². The number of Topliss-reactive ketones (excluding diaryl/α,β-unsaturated/α-hetero) is 1. The Hall–Kier alpha value is -2.16. The van der Waals surface area contributed by atoms with Gasteiger partial charge >= 0.3 is 0 Å². The molecule has 3 rings (SSSR count). The van der Waals surface area contributed by atoms with Crippen LogP contribution in [0.25, 0.3) is 10.8 Å². The van der Waals surface area contributed by atoms with Crippen molar-refractivity contribution in [3.8, 4) is 0 Å². The maximum absolute atomic E-state index is 12.2. The Morgan fingerprint density at radius 2 is 1.76 bits per heavy atom. The first-order chi connectivity index (χ1) is 10.2. The van der Waals surface area contributed by atoms with E-state index in [9.17, 15) is 9.59 Å². The van der Waals surface area contributed by atoms with Crippen LogP contribution in [0.3, 0.4) is 0 Å². The van der Waals surface area contributed by atoms with Gasteiger partial charge in [0, 0.05) is 18.9 Å². The van der Waals surface area contributed by atoms with E-state index in [1.54, 1.807) is 0 Å². The first kappa shape index (κ1) is 13.8. The zero-order chi connectivity index (χ0) is 14.7. The average Bonchev–Trinajstić information content (AvgIpc) is 2.50. The zero-order valence-electron chi connectivity index (χ0n) is 12.0. The highest BCUT2D eigenvalue weighted by Crippen LogP contribution is 2.19. The molecule has 2 aromatic carbocycles. The molecule has 3 nitrogen and oxygen atoms in total. The van der Waals surface area contributed by atoms with Crippen molar-refractivity contribution in [2.75, 3.05) is 0 Å². The minimum absolute atomic E-state index is 0.0469. The van der Waals surface area contributed by atoms with Crippen LogP contribution in [0, 0.1) is 0 Å². The number of nitrogens with one attached hydrogen (secondary N) is 1. The highest BCUT2D eigenvalue weighted by atomic mass is 16.1. The van der Waals surface area contributed by atoms with Gasteiger partial charge in [-0.15, -0.1) is 0 Å². The number of ketones is 1. The quantitative estimate of drug-likeness (QED) is 0.940. The molecule has 0 spiro atoms. The van der Waals surface area contributed by atoms with E-state index in [1.807, 2.05) is 24.3 Å². The number of amides is 1. The van der Waals surface area contributed by atoms with Crippen molar-refractivity contribution in [3.05, 3.63) is 48.0 Å². The molecule has 0 unspecified atom stereocenters. The van der Waals surface area contributed by atoms with Crippen molar-refractivity contribution in [2.45, 2.75) is 38.1 Å². The van der Waals surface area contributed by atoms with E-state index in [4.69, 9.17) is 0 Å². The second-order valence-electron chi connectivity index (χ2n) is 5.70. The van der Waals surface area contributed by atoms with Gasteiger partial charge in [0.15, 0.2) is 0 Å². The molecule has 1 fully saturated rings. The van der Waals surface area contributed by atoms with Crippen LogP contribution in [0.2, 0.25) is 0 Å². The second-order valence-corrected chi connectivity index (χ2v) is 5.70. The van der Waals surface area contributed by atoms with Crippen LogP contribution < -0.4 is 5.32 Å².